The molecule has 2 radical (unpaired) electrons. The second-order valence-electron chi connectivity index (χ2n) is 6.82. The van der Waals surface area contributed by atoms with Crippen molar-refractivity contribution >= 4 is 7.85 Å². The zero-order valence-corrected chi connectivity index (χ0v) is 11.8. The highest BCUT2D eigenvalue weighted by atomic mass is 16.5. The summed E-state index contributed by atoms with van der Waals surface area (Å²) in [6.45, 7) is 5.39. The number of ether oxygens (including phenoxy) is 1. The Balaban J connectivity index is 2.14. The summed E-state index contributed by atoms with van der Waals surface area (Å²) in [5.74, 6) is 0.748. The molecule has 2 fully saturated rings. The van der Waals surface area contributed by atoms with Gasteiger partial charge in [0, 0.05) is 18.7 Å². The lowest BCUT2D eigenvalue weighted by Crippen LogP contribution is -2.45. The van der Waals surface area contributed by atoms with Gasteiger partial charge in [0.2, 0.25) is 0 Å². The van der Waals surface area contributed by atoms with E-state index in [0.29, 0.717) is 6.04 Å². The van der Waals surface area contributed by atoms with Crippen molar-refractivity contribution in [3.8, 4) is 0 Å². The molecule has 1 saturated carbocycles. The van der Waals surface area contributed by atoms with Gasteiger partial charge in [-0.25, -0.2) is 0 Å². The number of likely N-dealkylation sites (N-methyl/N-ethyl adjacent to an activating group) is 1. The van der Waals surface area contributed by atoms with Crippen LogP contribution in [0.15, 0.2) is 0 Å². The normalized spacial score (nSPS) is 47.8. The molecule has 96 valence electrons. The average Bonchev–Trinajstić information content (AvgIpc) is 2.36. The quantitative estimate of drug-likeness (QED) is 0.682. The van der Waals surface area contributed by atoms with Crippen LogP contribution in [0.5, 0.6) is 0 Å². The average molecular weight is 235 g/mol. The Morgan fingerprint density at radius 3 is 2.71 bits per heavy atom. The summed E-state index contributed by atoms with van der Waals surface area (Å²) in [4.78, 5) is 2.56. The number of hydrogen-bond donors (Lipinski definition) is 0. The number of rotatable bonds is 2. The molecule has 2 rings (SSSR count). The number of fused-ring (bicyclic) bond motifs is 1. The highest BCUT2D eigenvalue weighted by molar-refractivity contribution is 6.14. The van der Waals surface area contributed by atoms with E-state index >= 15 is 0 Å². The van der Waals surface area contributed by atoms with Gasteiger partial charge in [0.15, 0.2) is 0 Å². The lowest BCUT2D eigenvalue weighted by Gasteiger charge is -2.34. The second kappa shape index (κ2) is 4.58. The Morgan fingerprint density at radius 2 is 2.06 bits per heavy atom. The predicted molar refractivity (Wildman–Crippen MR) is 72.5 cm³/mol. The molecule has 0 aromatic rings. The maximum Gasteiger partial charge on any atom is 0.0742 e. The van der Waals surface area contributed by atoms with Gasteiger partial charge >= 0.3 is 0 Å². The van der Waals surface area contributed by atoms with E-state index < -0.39 is 0 Å². The first-order chi connectivity index (χ1) is 7.88. The van der Waals surface area contributed by atoms with Crippen LogP contribution in [0.4, 0.5) is 0 Å². The van der Waals surface area contributed by atoms with Gasteiger partial charge in [-0.2, -0.15) is 0 Å². The first-order valence-corrected chi connectivity index (χ1v) is 6.89. The van der Waals surface area contributed by atoms with Crippen molar-refractivity contribution < 1.29 is 4.74 Å². The summed E-state index contributed by atoms with van der Waals surface area (Å²) in [6.07, 6.45) is 6.14. The molecule has 1 heterocycles. The van der Waals surface area contributed by atoms with Crippen molar-refractivity contribution in [3.05, 3.63) is 0 Å². The van der Waals surface area contributed by atoms with E-state index in [1.807, 2.05) is 0 Å². The van der Waals surface area contributed by atoms with E-state index in [1.165, 1.54) is 32.1 Å². The van der Waals surface area contributed by atoms with Crippen LogP contribution in [0.25, 0.3) is 0 Å². The number of nitrogens with zero attached hydrogens (tertiary/aromatic N) is 1. The monoisotopic (exact) mass is 235 g/mol. The molecule has 0 amide bonds. The van der Waals surface area contributed by atoms with Gasteiger partial charge < -0.3 is 4.74 Å². The highest BCUT2D eigenvalue weighted by Crippen LogP contribution is 2.49. The summed E-state index contributed by atoms with van der Waals surface area (Å²) < 4.78 is 5.42. The van der Waals surface area contributed by atoms with Crippen molar-refractivity contribution in [2.75, 3.05) is 20.8 Å². The molecule has 1 saturated heterocycles. The Kier molecular flexibility index (Phi) is 3.62. The van der Waals surface area contributed by atoms with E-state index in [2.05, 4.69) is 25.8 Å². The molecule has 3 unspecified atom stereocenters. The Bertz CT molecular complexity index is 281. The molecule has 1 aliphatic heterocycles. The van der Waals surface area contributed by atoms with Gasteiger partial charge in [-0.05, 0) is 32.7 Å². The van der Waals surface area contributed by atoms with E-state index in [-0.39, 0.29) is 10.9 Å². The minimum Gasteiger partial charge on any atom is -0.383 e. The molecule has 17 heavy (non-hydrogen) atoms. The zero-order valence-electron chi connectivity index (χ0n) is 11.8. The van der Waals surface area contributed by atoms with Gasteiger partial charge in [0.25, 0.3) is 0 Å². The number of hydrogen-bond acceptors (Lipinski definition) is 2. The van der Waals surface area contributed by atoms with Gasteiger partial charge in [-0.1, -0.05) is 31.5 Å². The van der Waals surface area contributed by atoms with Crippen molar-refractivity contribution in [1.29, 1.82) is 0 Å². The SMILES string of the molecule is [B]C1(C)CCCC2[C@H](C1)CC(C)(COC)N2C. The Labute approximate surface area is 107 Å². The Morgan fingerprint density at radius 1 is 1.35 bits per heavy atom. The molecule has 4 atom stereocenters. The maximum absolute atomic E-state index is 6.39. The van der Waals surface area contributed by atoms with Crippen molar-refractivity contribution in [3.63, 3.8) is 0 Å². The zero-order chi connectivity index (χ0) is 12.7. The van der Waals surface area contributed by atoms with E-state index in [9.17, 15) is 0 Å². The van der Waals surface area contributed by atoms with Gasteiger partial charge in [-0.3, -0.25) is 4.90 Å². The minimum absolute atomic E-state index is 0.0403. The van der Waals surface area contributed by atoms with Crippen molar-refractivity contribution in [2.45, 2.75) is 62.8 Å². The third-order valence-corrected chi connectivity index (χ3v) is 5.03. The van der Waals surface area contributed by atoms with Gasteiger partial charge in [0.1, 0.15) is 0 Å². The smallest absolute Gasteiger partial charge is 0.0742 e. The second-order valence-corrected chi connectivity index (χ2v) is 6.82. The third kappa shape index (κ3) is 2.55. The van der Waals surface area contributed by atoms with Crippen LogP contribution < -0.4 is 0 Å². The number of methoxy groups -OCH3 is 1. The van der Waals surface area contributed by atoms with Crippen LogP contribution in [0.3, 0.4) is 0 Å². The summed E-state index contributed by atoms with van der Waals surface area (Å²) in [6, 6.07) is 0.709. The number of likely N-dealkylation sites (tertiary alicyclic amines) is 1. The molecule has 0 spiro atoms. The molecule has 0 bridgehead atoms. The molecule has 0 aromatic carbocycles. The third-order valence-electron chi connectivity index (χ3n) is 5.03. The molecular weight excluding hydrogens is 209 g/mol. The fourth-order valence-electron chi connectivity index (χ4n) is 4.09. The molecule has 2 nitrogen and oxygen atoms in total. The van der Waals surface area contributed by atoms with Crippen LogP contribution >= 0.6 is 0 Å². The lowest BCUT2D eigenvalue weighted by molar-refractivity contribution is 0.0478. The molecule has 1 aliphatic carbocycles. The van der Waals surface area contributed by atoms with E-state index in [0.717, 1.165) is 12.5 Å². The highest BCUT2D eigenvalue weighted by Gasteiger charge is 2.48. The van der Waals surface area contributed by atoms with Gasteiger partial charge in [-0.15, -0.1) is 0 Å². The van der Waals surface area contributed by atoms with Crippen LogP contribution in [0, 0.1) is 5.92 Å². The van der Waals surface area contributed by atoms with Gasteiger partial charge in [0.05, 0.1) is 14.5 Å². The van der Waals surface area contributed by atoms with Crippen LogP contribution in [-0.4, -0.2) is 45.1 Å². The van der Waals surface area contributed by atoms with E-state index in [4.69, 9.17) is 12.6 Å². The Hall–Kier alpha value is -0.0151. The van der Waals surface area contributed by atoms with Crippen molar-refractivity contribution in [2.24, 2.45) is 5.92 Å². The maximum atomic E-state index is 6.39. The summed E-state index contributed by atoms with van der Waals surface area (Å²) in [5.41, 5.74) is 0.206. The molecule has 2 aliphatic rings. The fraction of sp³-hybridized carbons (Fsp3) is 1.00. The van der Waals surface area contributed by atoms with Crippen molar-refractivity contribution in [1.82, 2.24) is 4.90 Å². The first kappa shape index (κ1) is 13.4. The summed E-state index contributed by atoms with van der Waals surface area (Å²) in [7, 11) is 10.5. The predicted octanol–water partition coefficient (Wildman–Crippen LogP) is 2.63. The topological polar surface area (TPSA) is 12.5 Å². The largest absolute Gasteiger partial charge is 0.383 e. The molecule has 3 heteroatoms. The van der Waals surface area contributed by atoms with Crippen LogP contribution in [0.1, 0.15) is 46.0 Å². The summed E-state index contributed by atoms with van der Waals surface area (Å²) >= 11 is 0. The fourth-order valence-corrected chi connectivity index (χ4v) is 4.09. The molecular formula is C14H26BNO. The molecule has 0 aromatic heterocycles. The summed E-state index contributed by atoms with van der Waals surface area (Å²) in [5, 5.41) is 0.0403. The standard InChI is InChI=1S/C14H26BNO/c1-13(15)7-5-6-12-11(8-13)9-14(2,10-17-4)16(12)3/h11-12H,5-10H2,1-4H3/t11-,12?,13?,14?/m1/s1. The minimum atomic E-state index is 0.0403. The van der Waals surface area contributed by atoms with E-state index in [1.54, 1.807) is 7.11 Å². The van der Waals surface area contributed by atoms with Crippen LogP contribution in [0.2, 0.25) is 5.31 Å². The van der Waals surface area contributed by atoms with Crippen LogP contribution in [-0.2, 0) is 4.74 Å². The lowest BCUT2D eigenvalue weighted by atomic mass is 9.63. The first-order valence-electron chi connectivity index (χ1n) is 6.89. The molecule has 0 N–H and O–H groups in total.